The number of carbonyl (C=O) groups excluding carboxylic acids is 1. The van der Waals surface area contributed by atoms with Gasteiger partial charge in [0.1, 0.15) is 10.3 Å². The SMILES string of the molecule is O=C(O)c1cncc(NC(=O)c2ccc(Cl)nc2Cl)c1. The number of pyridine rings is 2. The molecule has 0 unspecified atom stereocenters. The number of nitrogens with one attached hydrogen (secondary N) is 1. The van der Waals surface area contributed by atoms with Gasteiger partial charge in [-0.15, -0.1) is 0 Å². The number of aromatic carboxylic acids is 1. The van der Waals surface area contributed by atoms with Gasteiger partial charge < -0.3 is 10.4 Å². The summed E-state index contributed by atoms with van der Waals surface area (Å²) in [6.07, 6.45) is 2.50. The van der Waals surface area contributed by atoms with Crippen molar-refractivity contribution >= 4 is 40.8 Å². The van der Waals surface area contributed by atoms with Crippen LogP contribution >= 0.6 is 23.2 Å². The Morgan fingerprint density at radius 1 is 1.20 bits per heavy atom. The lowest BCUT2D eigenvalue weighted by molar-refractivity contribution is 0.0696. The summed E-state index contributed by atoms with van der Waals surface area (Å²) in [6.45, 7) is 0. The molecule has 0 aliphatic rings. The Morgan fingerprint density at radius 2 is 1.95 bits per heavy atom. The predicted molar refractivity (Wildman–Crippen MR) is 73.4 cm³/mol. The zero-order valence-electron chi connectivity index (χ0n) is 9.80. The molecule has 0 aromatic carbocycles. The molecule has 0 saturated carbocycles. The van der Waals surface area contributed by atoms with E-state index in [0.717, 1.165) is 0 Å². The van der Waals surface area contributed by atoms with Crippen LogP contribution < -0.4 is 5.32 Å². The van der Waals surface area contributed by atoms with E-state index in [1.165, 1.54) is 30.6 Å². The molecule has 0 spiro atoms. The maximum Gasteiger partial charge on any atom is 0.337 e. The quantitative estimate of drug-likeness (QED) is 0.850. The Balaban J connectivity index is 2.23. The van der Waals surface area contributed by atoms with Crippen molar-refractivity contribution in [2.24, 2.45) is 0 Å². The molecule has 6 nitrogen and oxygen atoms in total. The van der Waals surface area contributed by atoms with Crippen LogP contribution in [0.3, 0.4) is 0 Å². The van der Waals surface area contributed by atoms with Crippen LogP contribution in [0.4, 0.5) is 5.69 Å². The molecule has 2 aromatic rings. The minimum Gasteiger partial charge on any atom is -0.478 e. The van der Waals surface area contributed by atoms with Gasteiger partial charge in [0.2, 0.25) is 0 Å². The Hall–Kier alpha value is -2.18. The molecule has 2 rings (SSSR count). The predicted octanol–water partition coefficient (Wildman–Crippen LogP) is 2.73. The van der Waals surface area contributed by atoms with Gasteiger partial charge in [0.05, 0.1) is 23.0 Å². The molecule has 0 bridgehead atoms. The molecule has 0 aliphatic carbocycles. The maximum atomic E-state index is 12.0. The Morgan fingerprint density at radius 3 is 2.60 bits per heavy atom. The summed E-state index contributed by atoms with van der Waals surface area (Å²) in [5.74, 6) is -1.68. The molecular formula is C12H7Cl2N3O3. The first-order valence-electron chi connectivity index (χ1n) is 5.29. The molecule has 20 heavy (non-hydrogen) atoms. The van der Waals surface area contributed by atoms with Gasteiger partial charge in [-0.1, -0.05) is 23.2 Å². The van der Waals surface area contributed by atoms with Crippen LogP contribution in [0.2, 0.25) is 10.3 Å². The third-order valence-electron chi connectivity index (χ3n) is 2.30. The fourth-order valence-corrected chi connectivity index (χ4v) is 1.84. The highest BCUT2D eigenvalue weighted by Crippen LogP contribution is 2.18. The van der Waals surface area contributed by atoms with Crippen molar-refractivity contribution in [1.29, 1.82) is 0 Å². The summed E-state index contributed by atoms with van der Waals surface area (Å²) < 4.78 is 0. The van der Waals surface area contributed by atoms with Crippen LogP contribution in [0.25, 0.3) is 0 Å². The highest BCUT2D eigenvalue weighted by atomic mass is 35.5. The summed E-state index contributed by atoms with van der Waals surface area (Å²) in [4.78, 5) is 30.2. The average Bonchev–Trinajstić information content (AvgIpc) is 2.38. The van der Waals surface area contributed by atoms with Crippen molar-refractivity contribution in [3.63, 3.8) is 0 Å². The maximum absolute atomic E-state index is 12.0. The zero-order valence-corrected chi connectivity index (χ0v) is 11.3. The lowest BCUT2D eigenvalue weighted by atomic mass is 10.2. The molecule has 0 aliphatic heterocycles. The second-order valence-corrected chi connectivity index (χ2v) is 4.44. The lowest BCUT2D eigenvalue weighted by Gasteiger charge is -2.06. The Kier molecular flexibility index (Phi) is 4.16. The highest BCUT2D eigenvalue weighted by molar-refractivity contribution is 6.35. The van der Waals surface area contributed by atoms with Crippen molar-refractivity contribution in [3.05, 3.63) is 52.0 Å². The Labute approximate surface area is 123 Å². The van der Waals surface area contributed by atoms with Crippen molar-refractivity contribution in [1.82, 2.24) is 9.97 Å². The van der Waals surface area contributed by atoms with Crippen LogP contribution in [0.1, 0.15) is 20.7 Å². The van der Waals surface area contributed by atoms with Crippen LogP contribution in [0, 0.1) is 0 Å². The molecule has 0 radical (unpaired) electrons. The van der Waals surface area contributed by atoms with E-state index in [2.05, 4.69) is 15.3 Å². The van der Waals surface area contributed by atoms with E-state index in [1.54, 1.807) is 0 Å². The molecule has 0 atom stereocenters. The molecular weight excluding hydrogens is 305 g/mol. The van der Waals surface area contributed by atoms with E-state index in [9.17, 15) is 9.59 Å². The minimum atomic E-state index is -1.14. The number of nitrogens with zero attached hydrogens (tertiary/aromatic N) is 2. The molecule has 0 saturated heterocycles. The molecule has 2 N–H and O–H groups in total. The number of carbonyl (C=O) groups is 2. The smallest absolute Gasteiger partial charge is 0.337 e. The summed E-state index contributed by atoms with van der Waals surface area (Å²) in [5, 5.41) is 11.4. The first kappa shape index (κ1) is 14.2. The van der Waals surface area contributed by atoms with Gasteiger partial charge in [0.15, 0.2) is 0 Å². The fraction of sp³-hybridized carbons (Fsp3) is 0. The Bertz CT molecular complexity index is 691. The van der Waals surface area contributed by atoms with E-state index in [0.29, 0.717) is 0 Å². The van der Waals surface area contributed by atoms with Gasteiger partial charge in [0, 0.05) is 6.20 Å². The van der Waals surface area contributed by atoms with Gasteiger partial charge in [-0.25, -0.2) is 9.78 Å². The number of halogens is 2. The van der Waals surface area contributed by atoms with Gasteiger partial charge in [0.25, 0.3) is 5.91 Å². The molecule has 2 aromatic heterocycles. The number of hydrogen-bond donors (Lipinski definition) is 2. The number of aromatic nitrogens is 2. The van der Waals surface area contributed by atoms with Crippen molar-refractivity contribution < 1.29 is 14.7 Å². The normalized spacial score (nSPS) is 10.1. The van der Waals surface area contributed by atoms with E-state index in [1.807, 2.05) is 0 Å². The summed E-state index contributed by atoms with van der Waals surface area (Å²) in [6, 6.07) is 4.13. The number of anilines is 1. The summed E-state index contributed by atoms with van der Waals surface area (Å²) in [5.41, 5.74) is 0.320. The first-order valence-corrected chi connectivity index (χ1v) is 6.04. The summed E-state index contributed by atoms with van der Waals surface area (Å²) in [7, 11) is 0. The molecule has 2 heterocycles. The van der Waals surface area contributed by atoms with Gasteiger partial charge >= 0.3 is 5.97 Å². The van der Waals surface area contributed by atoms with Crippen LogP contribution in [-0.4, -0.2) is 27.0 Å². The second-order valence-electron chi connectivity index (χ2n) is 3.69. The molecule has 102 valence electrons. The molecule has 1 amide bonds. The topological polar surface area (TPSA) is 92.2 Å². The van der Waals surface area contributed by atoms with Crippen molar-refractivity contribution in [2.45, 2.75) is 0 Å². The number of hydrogen-bond acceptors (Lipinski definition) is 4. The van der Waals surface area contributed by atoms with E-state index in [4.69, 9.17) is 28.3 Å². The largest absolute Gasteiger partial charge is 0.478 e. The first-order chi connectivity index (χ1) is 9.47. The minimum absolute atomic E-state index is 0.0388. The number of amides is 1. The van der Waals surface area contributed by atoms with E-state index in [-0.39, 0.29) is 27.1 Å². The second kappa shape index (κ2) is 5.85. The third-order valence-corrected chi connectivity index (χ3v) is 2.80. The fourth-order valence-electron chi connectivity index (χ4n) is 1.41. The lowest BCUT2D eigenvalue weighted by Crippen LogP contribution is -2.13. The summed E-state index contributed by atoms with van der Waals surface area (Å²) >= 11 is 11.4. The third kappa shape index (κ3) is 3.23. The van der Waals surface area contributed by atoms with Gasteiger partial charge in [-0.05, 0) is 18.2 Å². The van der Waals surface area contributed by atoms with E-state index < -0.39 is 11.9 Å². The standard InChI is InChI=1S/C12H7Cl2N3O3/c13-9-2-1-8(10(14)17-9)11(18)16-7-3-6(12(19)20)4-15-5-7/h1-5H,(H,16,18)(H,19,20). The molecule has 0 fully saturated rings. The van der Waals surface area contributed by atoms with Crippen LogP contribution in [0.15, 0.2) is 30.6 Å². The number of carboxylic acids is 1. The number of carboxylic acid groups (broad SMARTS) is 1. The zero-order chi connectivity index (χ0) is 14.7. The monoisotopic (exact) mass is 311 g/mol. The van der Waals surface area contributed by atoms with Gasteiger partial charge in [-0.3, -0.25) is 9.78 Å². The average molecular weight is 312 g/mol. The highest BCUT2D eigenvalue weighted by Gasteiger charge is 2.13. The van der Waals surface area contributed by atoms with Crippen LogP contribution in [-0.2, 0) is 0 Å². The van der Waals surface area contributed by atoms with Crippen molar-refractivity contribution in [2.75, 3.05) is 5.32 Å². The van der Waals surface area contributed by atoms with Gasteiger partial charge in [-0.2, -0.15) is 0 Å². The van der Waals surface area contributed by atoms with Crippen LogP contribution in [0.5, 0.6) is 0 Å². The van der Waals surface area contributed by atoms with E-state index >= 15 is 0 Å². The molecule has 8 heteroatoms. The number of rotatable bonds is 3. The van der Waals surface area contributed by atoms with Crippen molar-refractivity contribution in [3.8, 4) is 0 Å².